The van der Waals surface area contributed by atoms with Crippen molar-refractivity contribution in [3.8, 4) is 0 Å². The summed E-state index contributed by atoms with van der Waals surface area (Å²) in [6.45, 7) is 1.87. The normalized spacial score (nSPS) is 12.6. The maximum absolute atomic E-state index is 3.57. The minimum Gasteiger partial charge on any atom is -0.378 e. The molecule has 0 radical (unpaired) electrons. The first-order valence-corrected chi connectivity index (χ1v) is 8.12. The van der Waals surface area contributed by atoms with Crippen LogP contribution in [0.3, 0.4) is 0 Å². The van der Waals surface area contributed by atoms with Crippen molar-refractivity contribution >= 4 is 17.0 Å². The van der Waals surface area contributed by atoms with E-state index in [0.29, 0.717) is 6.04 Å². The number of hydrogen-bond acceptors (Lipinski definition) is 4. The van der Waals surface area contributed by atoms with Gasteiger partial charge >= 0.3 is 0 Å². The number of rotatable bonds is 7. The second kappa shape index (κ2) is 7.59. The van der Waals surface area contributed by atoms with Crippen LogP contribution in [-0.2, 0) is 6.54 Å². The highest BCUT2D eigenvalue weighted by Crippen LogP contribution is 2.22. The Hall–Kier alpha value is -1.36. The van der Waals surface area contributed by atoms with E-state index in [9.17, 15) is 0 Å². The number of anilines is 1. The molecule has 0 bridgehead atoms. The molecule has 0 saturated carbocycles. The van der Waals surface area contributed by atoms with E-state index in [1.54, 1.807) is 0 Å². The number of nitrogens with zero attached hydrogens (tertiary/aromatic N) is 2. The van der Waals surface area contributed by atoms with Gasteiger partial charge in [-0.05, 0) is 43.2 Å². The predicted molar refractivity (Wildman–Crippen MR) is 93.2 cm³/mol. The van der Waals surface area contributed by atoms with Crippen LogP contribution in [0.2, 0.25) is 0 Å². The molecule has 0 saturated heterocycles. The van der Waals surface area contributed by atoms with E-state index in [1.165, 1.54) is 16.1 Å². The highest BCUT2D eigenvalue weighted by molar-refractivity contribution is 7.10. The fourth-order valence-electron chi connectivity index (χ4n) is 2.28. The van der Waals surface area contributed by atoms with Gasteiger partial charge in [-0.1, -0.05) is 18.2 Å². The van der Waals surface area contributed by atoms with Crippen LogP contribution in [0, 0.1) is 0 Å². The molecule has 0 amide bonds. The van der Waals surface area contributed by atoms with Crippen LogP contribution in [0.1, 0.15) is 16.5 Å². The van der Waals surface area contributed by atoms with E-state index in [4.69, 9.17) is 0 Å². The number of nitrogens with one attached hydrogen (secondary N) is 1. The fourth-order valence-corrected chi connectivity index (χ4v) is 3.21. The molecule has 114 valence electrons. The Morgan fingerprint density at radius 2 is 1.76 bits per heavy atom. The average Bonchev–Trinajstić information content (AvgIpc) is 2.97. The van der Waals surface area contributed by atoms with Crippen LogP contribution in [0.4, 0.5) is 5.69 Å². The molecule has 1 atom stereocenters. The van der Waals surface area contributed by atoms with Gasteiger partial charge in [-0.15, -0.1) is 11.3 Å². The summed E-state index contributed by atoms with van der Waals surface area (Å²) >= 11 is 1.82. The molecular formula is C17H25N3S. The molecule has 0 aliphatic heterocycles. The molecule has 3 nitrogen and oxygen atoms in total. The zero-order valence-corrected chi connectivity index (χ0v) is 14.2. The van der Waals surface area contributed by atoms with Crippen LogP contribution in [0.5, 0.6) is 0 Å². The minimum absolute atomic E-state index is 0.436. The molecule has 21 heavy (non-hydrogen) atoms. The quantitative estimate of drug-likeness (QED) is 0.847. The maximum atomic E-state index is 3.57. The molecule has 0 aliphatic rings. The molecule has 1 unspecified atom stereocenters. The van der Waals surface area contributed by atoms with Gasteiger partial charge in [0.2, 0.25) is 0 Å². The molecule has 1 aromatic heterocycles. The van der Waals surface area contributed by atoms with E-state index < -0.39 is 0 Å². The van der Waals surface area contributed by atoms with Crippen LogP contribution in [0.15, 0.2) is 41.8 Å². The fraction of sp³-hybridized carbons (Fsp3) is 0.412. The van der Waals surface area contributed by atoms with Crippen LogP contribution >= 0.6 is 11.3 Å². The molecule has 1 N–H and O–H groups in total. The van der Waals surface area contributed by atoms with Crippen LogP contribution < -0.4 is 10.2 Å². The van der Waals surface area contributed by atoms with Crippen molar-refractivity contribution in [1.29, 1.82) is 0 Å². The Labute approximate surface area is 132 Å². The molecule has 0 spiro atoms. The van der Waals surface area contributed by atoms with Crippen LogP contribution in [0.25, 0.3) is 0 Å². The summed E-state index contributed by atoms with van der Waals surface area (Å²) in [5, 5.41) is 5.72. The smallest absolute Gasteiger partial charge is 0.0561 e. The molecule has 1 heterocycles. The molecule has 0 aliphatic carbocycles. The summed E-state index contributed by atoms with van der Waals surface area (Å²) in [7, 11) is 8.40. The van der Waals surface area contributed by atoms with Gasteiger partial charge in [-0.3, -0.25) is 0 Å². The van der Waals surface area contributed by atoms with E-state index in [2.05, 4.69) is 85.1 Å². The van der Waals surface area contributed by atoms with Crippen molar-refractivity contribution in [2.75, 3.05) is 39.6 Å². The van der Waals surface area contributed by atoms with Crippen molar-refractivity contribution in [2.24, 2.45) is 0 Å². The zero-order chi connectivity index (χ0) is 15.2. The van der Waals surface area contributed by atoms with E-state index in [-0.39, 0.29) is 0 Å². The van der Waals surface area contributed by atoms with Crippen molar-refractivity contribution in [1.82, 2.24) is 10.2 Å². The first-order valence-electron chi connectivity index (χ1n) is 7.24. The van der Waals surface area contributed by atoms with Gasteiger partial charge in [0.1, 0.15) is 0 Å². The Kier molecular flexibility index (Phi) is 5.79. The summed E-state index contributed by atoms with van der Waals surface area (Å²) in [4.78, 5) is 5.81. The highest BCUT2D eigenvalue weighted by atomic mass is 32.1. The van der Waals surface area contributed by atoms with Gasteiger partial charge in [0.05, 0.1) is 6.04 Å². The van der Waals surface area contributed by atoms with Gasteiger partial charge in [0.25, 0.3) is 0 Å². The Balaban J connectivity index is 1.87. The summed E-state index contributed by atoms with van der Waals surface area (Å²) in [6, 6.07) is 13.5. The molecular weight excluding hydrogens is 278 g/mol. The standard InChI is InChI=1S/C17H25N3S/c1-19(2)15-9-7-14(8-10-15)12-18-13-16(20(3)4)17-6-5-11-21-17/h5-11,16,18H,12-13H2,1-4H3. The lowest BCUT2D eigenvalue weighted by atomic mass is 10.2. The summed E-state index contributed by atoms with van der Waals surface area (Å²) in [5.41, 5.74) is 2.56. The number of likely N-dealkylation sites (N-methyl/N-ethyl adjacent to an activating group) is 1. The van der Waals surface area contributed by atoms with Gasteiger partial charge in [-0.25, -0.2) is 0 Å². The predicted octanol–water partition coefficient (Wildman–Crippen LogP) is 3.21. The molecule has 2 rings (SSSR count). The van der Waals surface area contributed by atoms with E-state index in [0.717, 1.165) is 13.1 Å². The van der Waals surface area contributed by atoms with Gasteiger partial charge in [0.15, 0.2) is 0 Å². The van der Waals surface area contributed by atoms with Crippen molar-refractivity contribution in [3.05, 3.63) is 52.2 Å². The molecule has 2 aromatic rings. The first kappa shape index (κ1) is 16.0. The third-order valence-electron chi connectivity index (χ3n) is 3.61. The SMILES string of the molecule is CN(C)c1ccc(CNCC(c2cccs2)N(C)C)cc1. The second-order valence-electron chi connectivity index (χ2n) is 5.69. The molecule has 4 heteroatoms. The Morgan fingerprint density at radius 3 is 2.29 bits per heavy atom. The summed E-state index contributed by atoms with van der Waals surface area (Å²) < 4.78 is 0. The lowest BCUT2D eigenvalue weighted by molar-refractivity contribution is 0.292. The van der Waals surface area contributed by atoms with Crippen molar-refractivity contribution in [2.45, 2.75) is 12.6 Å². The minimum atomic E-state index is 0.436. The van der Waals surface area contributed by atoms with E-state index >= 15 is 0 Å². The molecule has 0 fully saturated rings. The Morgan fingerprint density at radius 1 is 1.05 bits per heavy atom. The first-order chi connectivity index (χ1) is 10.1. The third-order valence-corrected chi connectivity index (χ3v) is 4.59. The summed E-state index contributed by atoms with van der Waals surface area (Å²) in [6.07, 6.45) is 0. The van der Waals surface area contributed by atoms with Crippen molar-refractivity contribution in [3.63, 3.8) is 0 Å². The third kappa shape index (κ3) is 4.56. The van der Waals surface area contributed by atoms with Crippen LogP contribution in [-0.4, -0.2) is 39.6 Å². The molecule has 1 aromatic carbocycles. The average molecular weight is 303 g/mol. The summed E-state index contributed by atoms with van der Waals surface area (Å²) in [5.74, 6) is 0. The topological polar surface area (TPSA) is 18.5 Å². The van der Waals surface area contributed by atoms with Crippen molar-refractivity contribution < 1.29 is 0 Å². The van der Waals surface area contributed by atoms with Gasteiger partial charge in [0, 0.05) is 37.7 Å². The number of hydrogen-bond donors (Lipinski definition) is 1. The maximum Gasteiger partial charge on any atom is 0.0561 e. The Bertz CT molecular complexity index is 517. The largest absolute Gasteiger partial charge is 0.378 e. The lowest BCUT2D eigenvalue weighted by Crippen LogP contribution is -2.30. The second-order valence-corrected chi connectivity index (χ2v) is 6.67. The zero-order valence-electron chi connectivity index (χ0n) is 13.3. The van der Waals surface area contributed by atoms with E-state index in [1.807, 2.05) is 11.3 Å². The highest BCUT2D eigenvalue weighted by Gasteiger charge is 2.14. The van der Waals surface area contributed by atoms with Gasteiger partial charge < -0.3 is 15.1 Å². The van der Waals surface area contributed by atoms with Gasteiger partial charge in [-0.2, -0.15) is 0 Å². The number of benzene rings is 1. The monoisotopic (exact) mass is 303 g/mol. The number of thiophene rings is 1. The lowest BCUT2D eigenvalue weighted by Gasteiger charge is -2.23.